The Morgan fingerprint density at radius 3 is 2.00 bits per heavy atom. The van der Waals surface area contributed by atoms with Crippen LogP contribution in [-0.2, 0) is 21.4 Å². The number of piperazine rings is 1. The van der Waals surface area contributed by atoms with Crippen LogP contribution in [0.25, 0.3) is 11.1 Å². The molecule has 0 unspecified atom stereocenters. The van der Waals surface area contributed by atoms with E-state index in [1.54, 1.807) is 19.1 Å². The van der Waals surface area contributed by atoms with E-state index in [1.807, 2.05) is 36.4 Å². The SMILES string of the molecule is C[C@@H](N)[C@H](NC(=O)c1ccc(-c2ccc(CN3CCN(S(C)(=O)=O)CC3)cc2)cc1)C(=O)NO. The molecule has 3 rings (SSSR count). The van der Waals surface area contributed by atoms with Gasteiger partial charge in [0.05, 0.1) is 6.26 Å². The average molecular weight is 490 g/mol. The molecule has 0 aromatic heterocycles. The molecule has 0 spiro atoms. The fourth-order valence-corrected chi connectivity index (χ4v) is 4.65. The van der Waals surface area contributed by atoms with E-state index in [4.69, 9.17) is 10.9 Å². The zero-order chi connectivity index (χ0) is 24.9. The maximum absolute atomic E-state index is 12.5. The molecule has 0 radical (unpaired) electrons. The van der Waals surface area contributed by atoms with Crippen molar-refractivity contribution in [2.24, 2.45) is 5.73 Å². The first-order chi connectivity index (χ1) is 16.1. The molecule has 0 saturated carbocycles. The first-order valence-electron chi connectivity index (χ1n) is 11.0. The molecule has 2 aromatic rings. The lowest BCUT2D eigenvalue weighted by Crippen LogP contribution is -2.54. The number of hydroxylamine groups is 1. The van der Waals surface area contributed by atoms with Gasteiger partial charge >= 0.3 is 0 Å². The first-order valence-corrected chi connectivity index (χ1v) is 12.8. The van der Waals surface area contributed by atoms with E-state index >= 15 is 0 Å². The monoisotopic (exact) mass is 489 g/mol. The van der Waals surface area contributed by atoms with Crippen LogP contribution in [0.15, 0.2) is 48.5 Å². The van der Waals surface area contributed by atoms with Crippen LogP contribution < -0.4 is 16.5 Å². The number of nitrogens with zero attached hydrogens (tertiary/aromatic N) is 2. The number of hydrogen-bond donors (Lipinski definition) is 4. The second-order valence-electron chi connectivity index (χ2n) is 8.50. The summed E-state index contributed by atoms with van der Waals surface area (Å²) in [6, 6.07) is 13.3. The molecule has 34 heavy (non-hydrogen) atoms. The van der Waals surface area contributed by atoms with Gasteiger partial charge in [0.2, 0.25) is 10.0 Å². The van der Waals surface area contributed by atoms with Crippen LogP contribution in [0.3, 0.4) is 0 Å². The molecule has 1 fully saturated rings. The third-order valence-corrected chi connectivity index (χ3v) is 7.15. The van der Waals surface area contributed by atoms with E-state index in [0.29, 0.717) is 31.7 Å². The average Bonchev–Trinajstić information content (AvgIpc) is 2.82. The maximum atomic E-state index is 12.5. The fourth-order valence-electron chi connectivity index (χ4n) is 3.82. The van der Waals surface area contributed by atoms with Crippen molar-refractivity contribution >= 4 is 21.8 Å². The van der Waals surface area contributed by atoms with Crippen molar-refractivity contribution in [3.05, 3.63) is 59.7 Å². The summed E-state index contributed by atoms with van der Waals surface area (Å²) in [6.45, 7) is 4.71. The van der Waals surface area contributed by atoms with Gasteiger partial charge < -0.3 is 11.1 Å². The zero-order valence-corrected chi connectivity index (χ0v) is 20.1. The largest absolute Gasteiger partial charge is 0.339 e. The van der Waals surface area contributed by atoms with Crippen LogP contribution in [0.4, 0.5) is 0 Å². The summed E-state index contributed by atoms with van der Waals surface area (Å²) in [5, 5.41) is 11.3. The van der Waals surface area contributed by atoms with Crippen molar-refractivity contribution in [1.29, 1.82) is 0 Å². The van der Waals surface area contributed by atoms with Gasteiger partial charge in [0.15, 0.2) is 0 Å². The zero-order valence-electron chi connectivity index (χ0n) is 19.3. The molecule has 1 aliphatic rings. The van der Waals surface area contributed by atoms with Crippen LogP contribution in [0.1, 0.15) is 22.8 Å². The Bertz CT molecular complexity index is 1100. The number of benzene rings is 2. The minimum absolute atomic E-state index is 0.366. The van der Waals surface area contributed by atoms with E-state index in [0.717, 1.165) is 23.2 Å². The fraction of sp³-hybridized carbons (Fsp3) is 0.391. The van der Waals surface area contributed by atoms with Crippen LogP contribution >= 0.6 is 0 Å². The van der Waals surface area contributed by atoms with E-state index in [2.05, 4.69) is 10.2 Å². The van der Waals surface area contributed by atoms with Crippen LogP contribution in [0.2, 0.25) is 0 Å². The van der Waals surface area contributed by atoms with Crippen molar-refractivity contribution in [2.75, 3.05) is 32.4 Å². The van der Waals surface area contributed by atoms with Gasteiger partial charge in [-0.1, -0.05) is 36.4 Å². The highest BCUT2D eigenvalue weighted by molar-refractivity contribution is 7.88. The Morgan fingerprint density at radius 1 is 1.00 bits per heavy atom. The minimum atomic E-state index is -3.13. The highest BCUT2D eigenvalue weighted by atomic mass is 32.2. The lowest BCUT2D eigenvalue weighted by molar-refractivity contribution is -0.131. The third-order valence-electron chi connectivity index (χ3n) is 5.85. The first kappa shape index (κ1) is 25.8. The number of nitrogens with two attached hydrogens (primary N) is 1. The number of carbonyl (C=O) groups excluding carboxylic acids is 2. The van der Waals surface area contributed by atoms with Crippen molar-refractivity contribution in [3.8, 4) is 11.1 Å². The molecule has 1 saturated heterocycles. The Hall–Kier alpha value is -2.83. The van der Waals surface area contributed by atoms with Gasteiger partial charge in [0.1, 0.15) is 6.04 Å². The van der Waals surface area contributed by atoms with Gasteiger partial charge in [-0.15, -0.1) is 0 Å². The van der Waals surface area contributed by atoms with Crippen molar-refractivity contribution in [3.63, 3.8) is 0 Å². The smallest absolute Gasteiger partial charge is 0.267 e. The molecule has 5 N–H and O–H groups in total. The van der Waals surface area contributed by atoms with E-state index in [-0.39, 0.29) is 0 Å². The molecule has 1 aliphatic heterocycles. The summed E-state index contributed by atoms with van der Waals surface area (Å²) < 4.78 is 24.8. The highest BCUT2D eigenvalue weighted by Gasteiger charge is 2.25. The number of sulfonamides is 1. The molecule has 11 heteroatoms. The van der Waals surface area contributed by atoms with Gasteiger partial charge in [-0.2, -0.15) is 4.31 Å². The van der Waals surface area contributed by atoms with Crippen LogP contribution in [-0.4, -0.2) is 79.2 Å². The topological polar surface area (TPSA) is 145 Å². The summed E-state index contributed by atoms with van der Waals surface area (Å²) in [7, 11) is -3.13. The highest BCUT2D eigenvalue weighted by Crippen LogP contribution is 2.21. The number of rotatable bonds is 8. The second-order valence-corrected chi connectivity index (χ2v) is 10.5. The van der Waals surface area contributed by atoms with Gasteiger partial charge in [-0.05, 0) is 35.7 Å². The molecule has 10 nitrogen and oxygen atoms in total. The maximum Gasteiger partial charge on any atom is 0.267 e. The Morgan fingerprint density at radius 2 is 1.53 bits per heavy atom. The van der Waals surface area contributed by atoms with Crippen LogP contribution in [0.5, 0.6) is 0 Å². The van der Waals surface area contributed by atoms with Crippen molar-refractivity contribution < 1.29 is 23.2 Å². The number of carbonyl (C=O) groups is 2. The van der Waals surface area contributed by atoms with Gasteiger partial charge in [-0.25, -0.2) is 13.9 Å². The summed E-state index contributed by atoms with van der Waals surface area (Å²) in [4.78, 5) is 26.4. The number of nitrogens with one attached hydrogen (secondary N) is 2. The standard InChI is InChI=1S/C23H31N5O5S/c1-16(24)21(23(30)26-31)25-22(29)20-9-7-19(8-10-20)18-5-3-17(4-6-18)15-27-11-13-28(14-12-27)34(2,32)33/h3-10,16,21,31H,11-15,24H2,1-2H3,(H,25,29)(H,26,30)/t16-,21+/m1/s1. The van der Waals surface area contributed by atoms with Crippen molar-refractivity contribution in [1.82, 2.24) is 20.0 Å². The molecule has 2 aromatic carbocycles. The summed E-state index contributed by atoms with van der Waals surface area (Å²) >= 11 is 0. The predicted molar refractivity (Wildman–Crippen MR) is 128 cm³/mol. The predicted octanol–water partition coefficient (Wildman–Crippen LogP) is 0.382. The van der Waals surface area contributed by atoms with Crippen molar-refractivity contribution in [2.45, 2.75) is 25.6 Å². The molecule has 1 heterocycles. The summed E-state index contributed by atoms with van der Waals surface area (Å²) in [6.07, 6.45) is 1.24. The van der Waals surface area contributed by atoms with Crippen LogP contribution in [0, 0.1) is 0 Å². The molecule has 2 atom stereocenters. The van der Waals surface area contributed by atoms with E-state index in [9.17, 15) is 18.0 Å². The molecule has 2 amide bonds. The summed E-state index contributed by atoms with van der Waals surface area (Å²) in [5.41, 5.74) is 10.7. The molecule has 184 valence electrons. The number of amides is 2. The summed E-state index contributed by atoms with van der Waals surface area (Å²) in [5.74, 6) is -1.25. The molecular formula is C23H31N5O5S. The van der Waals surface area contributed by atoms with Gasteiger partial charge in [0, 0.05) is 44.3 Å². The second kappa shape index (κ2) is 11.1. The molecule has 0 aliphatic carbocycles. The Labute approximate surface area is 199 Å². The molecule has 0 bridgehead atoms. The Kier molecular flexibility index (Phi) is 8.39. The Balaban J connectivity index is 1.59. The lowest BCUT2D eigenvalue weighted by Gasteiger charge is -2.33. The lowest BCUT2D eigenvalue weighted by atomic mass is 10.0. The van der Waals surface area contributed by atoms with Gasteiger partial charge in [0.25, 0.3) is 11.8 Å². The van der Waals surface area contributed by atoms with E-state index in [1.165, 1.54) is 16.0 Å². The normalized spacial score (nSPS) is 17.1. The quantitative estimate of drug-likeness (QED) is 0.310. The van der Waals surface area contributed by atoms with Gasteiger partial charge in [-0.3, -0.25) is 19.7 Å². The minimum Gasteiger partial charge on any atom is -0.339 e. The van der Waals surface area contributed by atoms with E-state index < -0.39 is 33.9 Å². The third kappa shape index (κ3) is 6.61. The molecular weight excluding hydrogens is 458 g/mol. The number of hydrogen-bond acceptors (Lipinski definition) is 7.